The molecule has 2 atom stereocenters. The van der Waals surface area contributed by atoms with E-state index in [-0.39, 0.29) is 23.0 Å². The summed E-state index contributed by atoms with van der Waals surface area (Å²) in [6.07, 6.45) is 2.54. The summed E-state index contributed by atoms with van der Waals surface area (Å²) in [5.41, 5.74) is 2.98. The lowest BCUT2D eigenvalue weighted by molar-refractivity contribution is -0.0728. The molecule has 2 heterocycles. The summed E-state index contributed by atoms with van der Waals surface area (Å²) in [7, 11) is -3.69. The highest BCUT2D eigenvalue weighted by Crippen LogP contribution is 2.23. The number of nitrogens with zero attached hydrogens (tertiary/aromatic N) is 2. The second kappa shape index (κ2) is 10.7. The zero-order valence-electron chi connectivity index (χ0n) is 21.2. The third kappa shape index (κ3) is 6.42. The van der Waals surface area contributed by atoms with E-state index < -0.39 is 10.0 Å². The van der Waals surface area contributed by atoms with E-state index in [0.717, 1.165) is 56.7 Å². The number of amides is 1. The number of aryl methyl sites for hydroxylation is 2. The summed E-state index contributed by atoms with van der Waals surface area (Å²) < 4.78 is 33.9. The van der Waals surface area contributed by atoms with Gasteiger partial charge in [-0.3, -0.25) is 14.4 Å². The Bertz CT molecular complexity index is 1130. The highest BCUT2D eigenvalue weighted by atomic mass is 32.2. The molecule has 4 rings (SSSR count). The van der Waals surface area contributed by atoms with Crippen LogP contribution in [0.4, 0.5) is 5.69 Å². The monoisotopic (exact) mass is 499 g/mol. The summed E-state index contributed by atoms with van der Waals surface area (Å²) in [4.78, 5) is 17.7. The smallest absolute Gasteiger partial charge is 0.261 e. The Hall–Kier alpha value is -2.42. The maximum atomic E-state index is 13.0. The normalized spacial score (nSPS) is 22.2. The Morgan fingerprint density at radius 1 is 0.971 bits per heavy atom. The van der Waals surface area contributed by atoms with Crippen LogP contribution in [0.5, 0.6) is 0 Å². The van der Waals surface area contributed by atoms with Gasteiger partial charge in [-0.05, 0) is 94.0 Å². The van der Waals surface area contributed by atoms with Crippen LogP contribution >= 0.6 is 0 Å². The Balaban J connectivity index is 1.31. The van der Waals surface area contributed by atoms with Gasteiger partial charge in [-0.2, -0.15) is 0 Å². The van der Waals surface area contributed by atoms with Crippen molar-refractivity contribution in [2.45, 2.75) is 57.6 Å². The molecule has 35 heavy (non-hydrogen) atoms. The largest absolute Gasteiger partial charge is 0.373 e. The van der Waals surface area contributed by atoms with E-state index in [4.69, 9.17) is 4.74 Å². The minimum atomic E-state index is -3.69. The first-order valence-corrected chi connectivity index (χ1v) is 14.0. The van der Waals surface area contributed by atoms with Crippen LogP contribution in [0.1, 0.15) is 48.2 Å². The Labute approximate surface area is 209 Å². The Morgan fingerprint density at radius 3 is 2.20 bits per heavy atom. The Kier molecular flexibility index (Phi) is 7.83. The van der Waals surface area contributed by atoms with Gasteiger partial charge in [0.25, 0.3) is 15.9 Å². The molecule has 2 fully saturated rings. The summed E-state index contributed by atoms with van der Waals surface area (Å²) >= 11 is 0. The minimum Gasteiger partial charge on any atom is -0.373 e. The van der Waals surface area contributed by atoms with Gasteiger partial charge in [0.15, 0.2) is 0 Å². The van der Waals surface area contributed by atoms with E-state index in [1.807, 2.05) is 18.7 Å². The molecule has 0 saturated carbocycles. The van der Waals surface area contributed by atoms with Gasteiger partial charge in [0, 0.05) is 44.0 Å². The van der Waals surface area contributed by atoms with Crippen molar-refractivity contribution in [3.05, 3.63) is 59.2 Å². The first-order valence-electron chi connectivity index (χ1n) is 12.5. The van der Waals surface area contributed by atoms with E-state index in [9.17, 15) is 13.2 Å². The van der Waals surface area contributed by atoms with E-state index in [1.165, 1.54) is 0 Å². The molecule has 190 valence electrons. The fraction of sp³-hybridized carbons (Fsp3) is 0.519. The van der Waals surface area contributed by atoms with Gasteiger partial charge in [0.1, 0.15) is 0 Å². The molecule has 7 nitrogen and oxygen atoms in total. The maximum absolute atomic E-state index is 13.0. The average Bonchev–Trinajstić information content (AvgIpc) is 2.80. The molecule has 2 saturated heterocycles. The third-order valence-electron chi connectivity index (χ3n) is 7.09. The highest BCUT2D eigenvalue weighted by Gasteiger charge is 2.28. The maximum Gasteiger partial charge on any atom is 0.261 e. The molecular formula is C27H37N3O4S. The predicted molar refractivity (Wildman–Crippen MR) is 138 cm³/mol. The molecule has 2 aromatic carbocycles. The van der Waals surface area contributed by atoms with E-state index in [1.54, 1.807) is 42.5 Å². The average molecular weight is 500 g/mol. The Morgan fingerprint density at radius 2 is 1.60 bits per heavy atom. The SMILES string of the molecule is Cc1ccc(S(=O)(=O)Nc2ccc(C(=O)N3CCC(CN4CC(C)OC(C)C4)CC3)cc2)cc1C. The van der Waals surface area contributed by atoms with E-state index in [0.29, 0.717) is 17.2 Å². The number of hydrogen-bond donors (Lipinski definition) is 1. The number of piperidine rings is 1. The van der Waals surface area contributed by atoms with Gasteiger partial charge in [-0.1, -0.05) is 6.07 Å². The van der Waals surface area contributed by atoms with Crippen LogP contribution in [-0.4, -0.2) is 69.1 Å². The molecule has 0 bridgehead atoms. The number of rotatable bonds is 6. The van der Waals surface area contributed by atoms with Crippen molar-refractivity contribution in [1.29, 1.82) is 0 Å². The van der Waals surface area contributed by atoms with Crippen LogP contribution in [0.3, 0.4) is 0 Å². The molecule has 8 heteroatoms. The summed E-state index contributed by atoms with van der Waals surface area (Å²) in [5, 5.41) is 0. The second-order valence-electron chi connectivity index (χ2n) is 10.1. The minimum absolute atomic E-state index is 0.000587. The van der Waals surface area contributed by atoms with Crippen molar-refractivity contribution < 1.29 is 17.9 Å². The molecular weight excluding hydrogens is 462 g/mol. The first kappa shape index (κ1) is 25.7. The number of anilines is 1. The molecule has 1 N–H and O–H groups in total. The lowest BCUT2D eigenvalue weighted by atomic mass is 9.95. The number of sulfonamides is 1. The number of morpholine rings is 1. The number of carbonyl (C=O) groups excluding carboxylic acids is 1. The fourth-order valence-electron chi connectivity index (χ4n) is 5.08. The van der Waals surface area contributed by atoms with Gasteiger partial charge in [-0.25, -0.2) is 8.42 Å². The van der Waals surface area contributed by atoms with Crippen LogP contribution in [0.25, 0.3) is 0 Å². The number of ether oxygens (including phenoxy) is 1. The number of hydrogen-bond acceptors (Lipinski definition) is 5. The summed E-state index contributed by atoms with van der Waals surface area (Å²) in [6.45, 7) is 12.6. The van der Waals surface area contributed by atoms with Crippen LogP contribution in [0, 0.1) is 19.8 Å². The molecule has 2 aliphatic rings. The lowest BCUT2D eigenvalue weighted by Crippen LogP contribution is -2.48. The van der Waals surface area contributed by atoms with Crippen LogP contribution < -0.4 is 4.72 Å². The van der Waals surface area contributed by atoms with Crippen molar-refractivity contribution in [3.8, 4) is 0 Å². The molecule has 1 amide bonds. The fourth-order valence-corrected chi connectivity index (χ4v) is 6.22. The van der Waals surface area contributed by atoms with Crippen molar-refractivity contribution >= 4 is 21.6 Å². The number of benzene rings is 2. The van der Waals surface area contributed by atoms with Gasteiger partial charge < -0.3 is 9.64 Å². The van der Waals surface area contributed by atoms with Crippen molar-refractivity contribution in [2.75, 3.05) is 37.4 Å². The number of likely N-dealkylation sites (tertiary alicyclic amines) is 1. The second-order valence-corrected chi connectivity index (χ2v) is 11.8. The standard InChI is InChI=1S/C27H37N3O4S/c1-19-5-10-26(15-20(19)2)35(32,33)28-25-8-6-24(7-9-25)27(31)30-13-11-23(12-14-30)18-29-16-21(3)34-22(4)17-29/h5-10,15,21-23,28H,11-14,16-18H2,1-4H3. The molecule has 2 unspecified atom stereocenters. The molecule has 0 spiro atoms. The number of nitrogens with one attached hydrogen (secondary N) is 1. The van der Waals surface area contributed by atoms with Crippen LogP contribution in [-0.2, 0) is 14.8 Å². The zero-order valence-corrected chi connectivity index (χ0v) is 22.0. The van der Waals surface area contributed by atoms with Gasteiger partial charge >= 0.3 is 0 Å². The number of carbonyl (C=O) groups is 1. The lowest BCUT2D eigenvalue weighted by Gasteiger charge is -2.39. The van der Waals surface area contributed by atoms with E-state index >= 15 is 0 Å². The summed E-state index contributed by atoms with van der Waals surface area (Å²) in [6, 6.07) is 11.8. The van der Waals surface area contributed by atoms with Gasteiger partial charge in [0.05, 0.1) is 17.1 Å². The summed E-state index contributed by atoms with van der Waals surface area (Å²) in [5.74, 6) is 0.597. The quantitative estimate of drug-likeness (QED) is 0.648. The highest BCUT2D eigenvalue weighted by molar-refractivity contribution is 7.92. The topological polar surface area (TPSA) is 79.0 Å². The third-order valence-corrected chi connectivity index (χ3v) is 8.47. The molecule has 0 aliphatic carbocycles. The van der Waals surface area contributed by atoms with Crippen molar-refractivity contribution in [3.63, 3.8) is 0 Å². The first-order chi connectivity index (χ1) is 16.6. The van der Waals surface area contributed by atoms with E-state index in [2.05, 4.69) is 23.5 Å². The predicted octanol–water partition coefficient (Wildman–Crippen LogP) is 4.07. The van der Waals surface area contributed by atoms with Gasteiger partial charge in [0.2, 0.25) is 0 Å². The van der Waals surface area contributed by atoms with Crippen molar-refractivity contribution in [2.24, 2.45) is 5.92 Å². The van der Waals surface area contributed by atoms with Crippen molar-refractivity contribution in [1.82, 2.24) is 9.80 Å². The molecule has 0 radical (unpaired) electrons. The molecule has 0 aromatic heterocycles. The van der Waals surface area contributed by atoms with Gasteiger partial charge in [-0.15, -0.1) is 0 Å². The van der Waals surface area contributed by atoms with Crippen LogP contribution in [0.2, 0.25) is 0 Å². The molecule has 2 aliphatic heterocycles. The molecule has 2 aromatic rings. The van der Waals surface area contributed by atoms with Crippen LogP contribution in [0.15, 0.2) is 47.4 Å². The zero-order chi connectivity index (χ0) is 25.2.